The zero-order chi connectivity index (χ0) is 11.4. The van der Waals surface area contributed by atoms with E-state index in [1.54, 1.807) is 0 Å². The Kier molecular flexibility index (Phi) is 3.65. The van der Waals surface area contributed by atoms with Crippen molar-refractivity contribution in [3.05, 3.63) is 35.9 Å². The molecule has 1 N–H and O–H groups in total. The molecule has 1 saturated carbocycles. The summed E-state index contributed by atoms with van der Waals surface area (Å²) in [5, 5.41) is 10.2. The maximum atomic E-state index is 10.2. The van der Waals surface area contributed by atoms with Gasteiger partial charge in [-0.15, -0.1) is 0 Å². The summed E-state index contributed by atoms with van der Waals surface area (Å²) in [7, 11) is 0. The lowest BCUT2D eigenvalue weighted by atomic mass is 10.0. The standard InChI is InChI=1S/C15H22O/c1-2-7-14-12-15(14,16)11-6-10-13-8-4-3-5-9-13/h3-5,8-9,14,16H,2,6-7,10-12H2,1H3. The first-order valence-corrected chi connectivity index (χ1v) is 6.51. The monoisotopic (exact) mass is 218 g/mol. The number of aliphatic hydroxyl groups is 1. The zero-order valence-electron chi connectivity index (χ0n) is 10.2. The summed E-state index contributed by atoms with van der Waals surface area (Å²) in [4.78, 5) is 0. The molecule has 0 amide bonds. The van der Waals surface area contributed by atoms with Crippen LogP contribution in [0.1, 0.15) is 44.6 Å². The number of hydrogen-bond donors (Lipinski definition) is 1. The van der Waals surface area contributed by atoms with Crippen LogP contribution in [0, 0.1) is 5.92 Å². The molecule has 0 heterocycles. The summed E-state index contributed by atoms with van der Waals surface area (Å²) < 4.78 is 0. The third-order valence-electron chi connectivity index (χ3n) is 3.75. The van der Waals surface area contributed by atoms with Gasteiger partial charge in [-0.2, -0.15) is 0 Å². The average Bonchev–Trinajstić information content (AvgIpc) is 2.91. The van der Waals surface area contributed by atoms with Crippen molar-refractivity contribution < 1.29 is 5.11 Å². The molecule has 1 aliphatic carbocycles. The predicted octanol–water partition coefficient (Wildman–Crippen LogP) is 3.56. The molecule has 2 unspecified atom stereocenters. The topological polar surface area (TPSA) is 20.2 Å². The summed E-state index contributed by atoms with van der Waals surface area (Å²) in [6, 6.07) is 10.6. The minimum atomic E-state index is -0.301. The second kappa shape index (κ2) is 5.01. The highest BCUT2D eigenvalue weighted by Gasteiger charge is 2.50. The van der Waals surface area contributed by atoms with Crippen molar-refractivity contribution in [1.29, 1.82) is 0 Å². The van der Waals surface area contributed by atoms with Gasteiger partial charge in [0, 0.05) is 0 Å². The van der Waals surface area contributed by atoms with E-state index in [-0.39, 0.29) is 5.60 Å². The van der Waals surface area contributed by atoms with Crippen LogP contribution in [0.3, 0.4) is 0 Å². The zero-order valence-corrected chi connectivity index (χ0v) is 10.2. The molecular formula is C15H22O. The van der Waals surface area contributed by atoms with Gasteiger partial charge in [-0.25, -0.2) is 0 Å². The molecule has 1 aliphatic rings. The van der Waals surface area contributed by atoms with Crippen molar-refractivity contribution in [1.82, 2.24) is 0 Å². The molecule has 1 aromatic carbocycles. The van der Waals surface area contributed by atoms with E-state index in [0.29, 0.717) is 5.92 Å². The van der Waals surface area contributed by atoms with Gasteiger partial charge in [-0.1, -0.05) is 43.7 Å². The number of hydrogen-bond acceptors (Lipinski definition) is 1. The maximum Gasteiger partial charge on any atom is 0.0680 e. The highest BCUT2D eigenvalue weighted by Crippen LogP contribution is 2.49. The van der Waals surface area contributed by atoms with E-state index < -0.39 is 0 Å². The first-order valence-electron chi connectivity index (χ1n) is 6.51. The van der Waals surface area contributed by atoms with E-state index in [4.69, 9.17) is 0 Å². The first-order chi connectivity index (χ1) is 7.74. The fourth-order valence-corrected chi connectivity index (χ4v) is 2.64. The minimum Gasteiger partial charge on any atom is -0.390 e. The van der Waals surface area contributed by atoms with Crippen molar-refractivity contribution in [3.8, 4) is 0 Å². The fourth-order valence-electron chi connectivity index (χ4n) is 2.64. The first kappa shape index (κ1) is 11.7. The normalized spacial score (nSPS) is 28.0. The fraction of sp³-hybridized carbons (Fsp3) is 0.600. The van der Waals surface area contributed by atoms with E-state index in [1.807, 2.05) is 0 Å². The molecule has 1 heteroatoms. The minimum absolute atomic E-state index is 0.301. The van der Waals surface area contributed by atoms with E-state index in [1.165, 1.54) is 18.4 Å². The van der Waals surface area contributed by atoms with Crippen molar-refractivity contribution >= 4 is 0 Å². The molecule has 0 spiro atoms. The second-order valence-corrected chi connectivity index (χ2v) is 5.13. The van der Waals surface area contributed by atoms with Gasteiger partial charge in [0.15, 0.2) is 0 Å². The number of rotatable bonds is 6. The summed E-state index contributed by atoms with van der Waals surface area (Å²) in [5.41, 5.74) is 1.09. The summed E-state index contributed by atoms with van der Waals surface area (Å²) >= 11 is 0. The Hall–Kier alpha value is -0.820. The highest BCUT2D eigenvalue weighted by molar-refractivity contribution is 5.15. The lowest BCUT2D eigenvalue weighted by Gasteiger charge is -2.09. The van der Waals surface area contributed by atoms with Crippen molar-refractivity contribution in [2.24, 2.45) is 5.92 Å². The van der Waals surface area contributed by atoms with Gasteiger partial charge < -0.3 is 5.11 Å². The molecule has 2 atom stereocenters. The lowest BCUT2D eigenvalue weighted by Crippen LogP contribution is -2.11. The van der Waals surface area contributed by atoms with Crippen LogP contribution in [0.15, 0.2) is 30.3 Å². The van der Waals surface area contributed by atoms with Gasteiger partial charge in [-0.05, 0) is 43.6 Å². The average molecular weight is 218 g/mol. The van der Waals surface area contributed by atoms with Crippen LogP contribution in [-0.4, -0.2) is 10.7 Å². The summed E-state index contributed by atoms with van der Waals surface area (Å²) in [6.07, 6.45) is 6.62. The molecule has 88 valence electrons. The Morgan fingerprint density at radius 2 is 2.06 bits per heavy atom. The molecule has 0 aliphatic heterocycles. The third-order valence-corrected chi connectivity index (χ3v) is 3.75. The number of benzene rings is 1. The summed E-state index contributed by atoms with van der Waals surface area (Å²) in [5.74, 6) is 0.591. The quantitative estimate of drug-likeness (QED) is 0.774. The molecule has 1 fully saturated rings. The molecule has 0 radical (unpaired) electrons. The maximum absolute atomic E-state index is 10.2. The molecule has 16 heavy (non-hydrogen) atoms. The van der Waals surface area contributed by atoms with Crippen LogP contribution >= 0.6 is 0 Å². The highest BCUT2D eigenvalue weighted by atomic mass is 16.3. The van der Waals surface area contributed by atoms with E-state index in [0.717, 1.165) is 25.7 Å². The van der Waals surface area contributed by atoms with Crippen molar-refractivity contribution in [3.63, 3.8) is 0 Å². The van der Waals surface area contributed by atoms with Crippen LogP contribution in [0.4, 0.5) is 0 Å². The van der Waals surface area contributed by atoms with Gasteiger partial charge >= 0.3 is 0 Å². The largest absolute Gasteiger partial charge is 0.390 e. The third kappa shape index (κ3) is 2.85. The molecule has 2 rings (SSSR count). The number of aryl methyl sites for hydroxylation is 1. The SMILES string of the molecule is CCCC1CC1(O)CCCc1ccccc1. The van der Waals surface area contributed by atoms with Crippen LogP contribution in [0.2, 0.25) is 0 Å². The smallest absolute Gasteiger partial charge is 0.0680 e. The Morgan fingerprint density at radius 1 is 1.31 bits per heavy atom. The van der Waals surface area contributed by atoms with Gasteiger partial charge in [0.25, 0.3) is 0 Å². The lowest BCUT2D eigenvalue weighted by molar-refractivity contribution is 0.116. The molecule has 1 aromatic rings. The Bertz CT molecular complexity index is 319. The second-order valence-electron chi connectivity index (χ2n) is 5.13. The summed E-state index contributed by atoms with van der Waals surface area (Å²) in [6.45, 7) is 2.20. The van der Waals surface area contributed by atoms with Crippen LogP contribution in [-0.2, 0) is 6.42 Å². The van der Waals surface area contributed by atoms with E-state index >= 15 is 0 Å². The van der Waals surface area contributed by atoms with Crippen LogP contribution in [0.5, 0.6) is 0 Å². The van der Waals surface area contributed by atoms with Gasteiger partial charge in [0.05, 0.1) is 5.60 Å². The van der Waals surface area contributed by atoms with E-state index in [9.17, 15) is 5.11 Å². The van der Waals surface area contributed by atoms with Gasteiger partial charge in [-0.3, -0.25) is 0 Å². The Morgan fingerprint density at radius 3 is 2.75 bits per heavy atom. The Labute approximate surface area is 98.5 Å². The van der Waals surface area contributed by atoms with Crippen LogP contribution in [0.25, 0.3) is 0 Å². The molecular weight excluding hydrogens is 196 g/mol. The molecule has 1 nitrogen and oxygen atoms in total. The molecule has 0 saturated heterocycles. The van der Waals surface area contributed by atoms with Crippen molar-refractivity contribution in [2.45, 2.75) is 51.0 Å². The molecule has 0 bridgehead atoms. The Balaban J connectivity index is 1.70. The van der Waals surface area contributed by atoms with Gasteiger partial charge in [0.2, 0.25) is 0 Å². The van der Waals surface area contributed by atoms with Crippen LogP contribution < -0.4 is 0 Å². The van der Waals surface area contributed by atoms with E-state index in [2.05, 4.69) is 37.3 Å². The molecule has 0 aromatic heterocycles. The van der Waals surface area contributed by atoms with Gasteiger partial charge in [0.1, 0.15) is 0 Å². The predicted molar refractivity (Wildman–Crippen MR) is 67.3 cm³/mol. The van der Waals surface area contributed by atoms with Crippen molar-refractivity contribution in [2.75, 3.05) is 0 Å².